The van der Waals surface area contributed by atoms with Crippen LogP contribution in [0.3, 0.4) is 0 Å². The van der Waals surface area contributed by atoms with E-state index in [1.165, 1.54) is 18.2 Å². The Morgan fingerprint density at radius 2 is 1.68 bits per heavy atom. The van der Waals surface area contributed by atoms with E-state index >= 15 is 0 Å². The van der Waals surface area contributed by atoms with Crippen LogP contribution < -0.4 is 16.1 Å². The summed E-state index contributed by atoms with van der Waals surface area (Å²) < 4.78 is 13.3. The third-order valence-electron chi connectivity index (χ3n) is 5.34. The van der Waals surface area contributed by atoms with Crippen molar-refractivity contribution in [1.82, 2.24) is 5.43 Å². The number of anilines is 2. The quantitative estimate of drug-likeness (QED) is 0.744. The number of halogens is 1. The van der Waals surface area contributed by atoms with E-state index in [1.807, 2.05) is 12.1 Å². The number of rotatable bonds is 3. The van der Waals surface area contributed by atoms with E-state index in [-0.39, 0.29) is 5.91 Å². The van der Waals surface area contributed by atoms with Gasteiger partial charge in [0.1, 0.15) is 5.82 Å². The Labute approximate surface area is 162 Å². The lowest BCUT2D eigenvalue weighted by Gasteiger charge is -2.31. The Morgan fingerprint density at radius 1 is 1.00 bits per heavy atom. The van der Waals surface area contributed by atoms with E-state index in [2.05, 4.69) is 21.2 Å². The molecule has 28 heavy (non-hydrogen) atoms. The molecule has 1 heterocycles. The lowest BCUT2D eigenvalue weighted by molar-refractivity contribution is -0.127. The summed E-state index contributed by atoms with van der Waals surface area (Å²) in [5.74, 6) is -0.460. The van der Waals surface area contributed by atoms with E-state index in [0.717, 1.165) is 43.4 Å². The van der Waals surface area contributed by atoms with Crippen LogP contribution in [0.15, 0.2) is 53.6 Å². The number of hydrogen-bond acceptors (Lipinski definition) is 3. The van der Waals surface area contributed by atoms with Crippen LogP contribution in [0.5, 0.6) is 0 Å². The molecule has 0 bridgehead atoms. The molecule has 2 aromatic rings. The number of urea groups is 1. The van der Waals surface area contributed by atoms with Crippen LogP contribution in [-0.4, -0.2) is 17.6 Å². The van der Waals surface area contributed by atoms with Crippen molar-refractivity contribution in [1.29, 1.82) is 0 Å². The molecule has 2 aromatic carbocycles. The van der Waals surface area contributed by atoms with Gasteiger partial charge < -0.3 is 10.6 Å². The number of amides is 3. The summed E-state index contributed by atoms with van der Waals surface area (Å²) in [6, 6.07) is 12.5. The van der Waals surface area contributed by atoms with Gasteiger partial charge in [-0.15, -0.1) is 0 Å². The minimum Gasteiger partial charge on any atom is -0.308 e. The maximum absolute atomic E-state index is 13.3. The lowest BCUT2D eigenvalue weighted by Crippen LogP contribution is -2.40. The van der Waals surface area contributed by atoms with Crippen LogP contribution >= 0.6 is 0 Å². The van der Waals surface area contributed by atoms with Crippen molar-refractivity contribution in [2.24, 2.45) is 10.5 Å². The van der Waals surface area contributed by atoms with Gasteiger partial charge in [-0.2, -0.15) is 5.10 Å². The Bertz CT molecular complexity index is 951. The number of hydrazone groups is 1. The molecule has 0 unspecified atom stereocenters. The highest BCUT2D eigenvalue weighted by molar-refractivity contribution is 6.20. The molecule has 3 N–H and O–H groups in total. The highest BCUT2D eigenvalue weighted by atomic mass is 19.1. The molecule has 6 nitrogen and oxygen atoms in total. The first-order chi connectivity index (χ1) is 13.6. The first-order valence-electron chi connectivity index (χ1n) is 9.39. The molecule has 144 valence electrons. The fraction of sp³-hybridized carbons (Fsp3) is 0.286. The average Bonchev–Trinajstić information content (AvgIpc) is 2.98. The van der Waals surface area contributed by atoms with E-state index in [9.17, 15) is 14.0 Å². The van der Waals surface area contributed by atoms with E-state index < -0.39 is 17.3 Å². The zero-order valence-electron chi connectivity index (χ0n) is 15.3. The topological polar surface area (TPSA) is 82.6 Å². The molecular weight excluding hydrogens is 359 g/mol. The zero-order chi connectivity index (χ0) is 19.6. The molecule has 1 spiro atoms. The Hall–Kier alpha value is -3.22. The highest BCUT2D eigenvalue weighted by Crippen LogP contribution is 2.42. The van der Waals surface area contributed by atoms with Gasteiger partial charge in [-0.05, 0) is 43.2 Å². The Morgan fingerprint density at radius 3 is 2.39 bits per heavy atom. The van der Waals surface area contributed by atoms with Gasteiger partial charge in [0.2, 0.25) is 0 Å². The van der Waals surface area contributed by atoms with E-state index in [1.54, 1.807) is 18.2 Å². The summed E-state index contributed by atoms with van der Waals surface area (Å²) in [7, 11) is 0. The number of carbonyl (C=O) groups is 2. The second-order valence-corrected chi connectivity index (χ2v) is 7.21. The predicted molar refractivity (Wildman–Crippen MR) is 106 cm³/mol. The van der Waals surface area contributed by atoms with Crippen LogP contribution in [0.1, 0.15) is 37.7 Å². The summed E-state index contributed by atoms with van der Waals surface area (Å²) in [6.07, 6.45) is 4.70. The normalized spacial score (nSPS) is 17.8. The van der Waals surface area contributed by atoms with Gasteiger partial charge in [0.15, 0.2) is 0 Å². The first-order valence-corrected chi connectivity index (χ1v) is 9.39. The third-order valence-corrected chi connectivity index (χ3v) is 5.34. The number of carbonyl (C=O) groups excluding carboxylic acids is 2. The molecule has 0 radical (unpaired) electrons. The minimum atomic E-state index is -0.569. The van der Waals surface area contributed by atoms with Gasteiger partial charge in [-0.1, -0.05) is 37.5 Å². The fourth-order valence-electron chi connectivity index (χ4n) is 3.99. The van der Waals surface area contributed by atoms with Crippen LogP contribution in [0.2, 0.25) is 0 Å². The van der Waals surface area contributed by atoms with Gasteiger partial charge in [0.05, 0.1) is 11.1 Å². The Kier molecular flexibility index (Phi) is 4.81. The minimum absolute atomic E-state index is 0.0376. The molecule has 0 aromatic heterocycles. The molecule has 1 saturated carbocycles. The van der Waals surface area contributed by atoms with Crippen LogP contribution in [-0.2, 0) is 4.79 Å². The van der Waals surface area contributed by atoms with Crippen molar-refractivity contribution < 1.29 is 14.0 Å². The van der Waals surface area contributed by atoms with Gasteiger partial charge in [0.25, 0.3) is 5.91 Å². The van der Waals surface area contributed by atoms with E-state index in [4.69, 9.17) is 0 Å². The van der Waals surface area contributed by atoms with Crippen molar-refractivity contribution in [3.63, 3.8) is 0 Å². The number of hydrogen-bond donors (Lipinski definition) is 3. The van der Waals surface area contributed by atoms with Gasteiger partial charge in [0, 0.05) is 16.9 Å². The molecule has 7 heteroatoms. The van der Waals surface area contributed by atoms with E-state index in [0.29, 0.717) is 11.4 Å². The molecule has 0 saturated heterocycles. The second kappa shape index (κ2) is 7.42. The smallest absolute Gasteiger partial charge is 0.308 e. The van der Waals surface area contributed by atoms with Crippen molar-refractivity contribution in [3.8, 4) is 0 Å². The first kappa shape index (κ1) is 18.2. The SMILES string of the molecule is O=C(Nc1cccc(F)c1)Nc1cccc(C2=NNC(=O)C23CCCCC3)c1. The van der Waals surface area contributed by atoms with Crippen molar-refractivity contribution in [3.05, 3.63) is 59.9 Å². The number of nitrogens with one attached hydrogen (secondary N) is 3. The van der Waals surface area contributed by atoms with Crippen molar-refractivity contribution in [2.45, 2.75) is 32.1 Å². The van der Waals surface area contributed by atoms with Crippen molar-refractivity contribution >= 4 is 29.0 Å². The largest absolute Gasteiger partial charge is 0.323 e. The standard InChI is InChI=1S/C21H21FN4O2/c22-15-7-5-9-17(13-15)24-20(28)23-16-8-4-6-14(12-16)18-21(19(27)26-25-18)10-2-1-3-11-21/h4-9,12-13H,1-3,10-11H2,(H,26,27)(H2,23,24,28). The molecule has 1 fully saturated rings. The third kappa shape index (κ3) is 3.47. The summed E-state index contributed by atoms with van der Waals surface area (Å²) in [5.41, 5.74) is 4.56. The molecule has 2 aliphatic rings. The van der Waals surface area contributed by atoms with Gasteiger partial charge in [-0.3, -0.25) is 4.79 Å². The van der Waals surface area contributed by atoms with Crippen LogP contribution in [0.4, 0.5) is 20.6 Å². The highest BCUT2D eigenvalue weighted by Gasteiger charge is 2.48. The zero-order valence-corrected chi connectivity index (χ0v) is 15.3. The van der Waals surface area contributed by atoms with Gasteiger partial charge in [-0.25, -0.2) is 14.6 Å². The van der Waals surface area contributed by atoms with Gasteiger partial charge >= 0.3 is 6.03 Å². The molecule has 3 amide bonds. The average molecular weight is 380 g/mol. The summed E-state index contributed by atoms with van der Waals surface area (Å²) in [5, 5.41) is 9.65. The molecule has 4 rings (SSSR count). The maximum Gasteiger partial charge on any atom is 0.323 e. The molecular formula is C21H21FN4O2. The fourth-order valence-corrected chi connectivity index (χ4v) is 3.99. The number of nitrogens with zero attached hydrogens (tertiary/aromatic N) is 1. The number of benzene rings is 2. The van der Waals surface area contributed by atoms with Crippen molar-refractivity contribution in [2.75, 3.05) is 10.6 Å². The second-order valence-electron chi connectivity index (χ2n) is 7.21. The summed E-state index contributed by atoms with van der Waals surface area (Å²) >= 11 is 0. The molecule has 0 atom stereocenters. The molecule has 1 aliphatic heterocycles. The lowest BCUT2D eigenvalue weighted by atomic mass is 9.69. The molecule has 1 aliphatic carbocycles. The predicted octanol–water partition coefficient (Wildman–Crippen LogP) is 4.25. The summed E-state index contributed by atoms with van der Waals surface area (Å²) in [6.45, 7) is 0. The van der Waals surface area contributed by atoms with Crippen LogP contribution in [0, 0.1) is 11.2 Å². The monoisotopic (exact) mass is 380 g/mol. The van der Waals surface area contributed by atoms with Crippen LogP contribution in [0.25, 0.3) is 0 Å². The maximum atomic E-state index is 13.3. The Balaban J connectivity index is 1.51. The summed E-state index contributed by atoms with van der Waals surface area (Å²) in [4.78, 5) is 24.7.